The van der Waals surface area contributed by atoms with Crippen molar-refractivity contribution < 1.29 is 9.53 Å². The minimum atomic E-state index is -0.240. The number of amides is 1. The quantitative estimate of drug-likeness (QED) is 0.883. The van der Waals surface area contributed by atoms with E-state index in [1.807, 2.05) is 20.2 Å². The molecule has 5 heteroatoms. The minimum absolute atomic E-state index is 0.0240. The molecule has 2 rings (SSSR count). The summed E-state index contributed by atoms with van der Waals surface area (Å²) in [6.45, 7) is 1.34. The molecule has 0 saturated carbocycles. The van der Waals surface area contributed by atoms with E-state index in [0.717, 1.165) is 12.8 Å². The van der Waals surface area contributed by atoms with Crippen LogP contribution < -0.4 is 5.32 Å². The number of hydrogen-bond acceptors (Lipinski definition) is 4. The Morgan fingerprint density at radius 3 is 3.06 bits per heavy atom. The highest BCUT2D eigenvalue weighted by molar-refractivity contribution is 7.10. The van der Waals surface area contributed by atoms with Crippen molar-refractivity contribution in [2.45, 2.75) is 25.0 Å². The highest BCUT2D eigenvalue weighted by Crippen LogP contribution is 2.22. The van der Waals surface area contributed by atoms with Gasteiger partial charge in [-0.05, 0) is 38.4 Å². The van der Waals surface area contributed by atoms with Crippen molar-refractivity contribution >= 4 is 17.2 Å². The summed E-state index contributed by atoms with van der Waals surface area (Å²) in [5.41, 5.74) is 0. The van der Waals surface area contributed by atoms with Crippen LogP contribution in [0, 0.1) is 0 Å². The van der Waals surface area contributed by atoms with Crippen molar-refractivity contribution in [2.75, 3.05) is 27.2 Å². The number of carbonyl (C=O) groups excluding carboxylic acids is 1. The summed E-state index contributed by atoms with van der Waals surface area (Å²) >= 11 is 1.72. The Kier molecular flexibility index (Phi) is 4.74. The van der Waals surface area contributed by atoms with Crippen LogP contribution in [0.4, 0.5) is 0 Å². The first-order valence-electron chi connectivity index (χ1n) is 6.27. The molecule has 0 aromatic carbocycles. The van der Waals surface area contributed by atoms with E-state index in [0.29, 0.717) is 13.2 Å². The Hall–Kier alpha value is -0.910. The monoisotopic (exact) mass is 268 g/mol. The zero-order chi connectivity index (χ0) is 13.0. The second kappa shape index (κ2) is 6.31. The van der Waals surface area contributed by atoms with E-state index in [1.54, 1.807) is 11.3 Å². The third kappa shape index (κ3) is 3.31. The summed E-state index contributed by atoms with van der Waals surface area (Å²) in [6, 6.07) is 4.38. The van der Waals surface area contributed by atoms with Gasteiger partial charge in [-0.1, -0.05) is 6.07 Å². The SMILES string of the molecule is CN(C)[C@@H](CNC(=O)[C@@H]1CCCO1)c1cccs1. The van der Waals surface area contributed by atoms with E-state index in [-0.39, 0.29) is 18.1 Å². The number of nitrogens with zero attached hydrogens (tertiary/aromatic N) is 1. The summed E-state index contributed by atoms with van der Waals surface area (Å²) in [5.74, 6) is 0.0240. The van der Waals surface area contributed by atoms with Gasteiger partial charge >= 0.3 is 0 Å². The molecule has 4 nitrogen and oxygen atoms in total. The second-order valence-electron chi connectivity index (χ2n) is 4.74. The van der Waals surface area contributed by atoms with Gasteiger partial charge in [-0.25, -0.2) is 0 Å². The Morgan fingerprint density at radius 1 is 1.67 bits per heavy atom. The molecule has 1 aromatic rings. The highest BCUT2D eigenvalue weighted by atomic mass is 32.1. The predicted octanol–water partition coefficient (Wildman–Crippen LogP) is 1.65. The van der Waals surface area contributed by atoms with Crippen molar-refractivity contribution in [2.24, 2.45) is 0 Å². The number of rotatable bonds is 5. The van der Waals surface area contributed by atoms with Gasteiger partial charge in [0.1, 0.15) is 6.10 Å². The summed E-state index contributed by atoms with van der Waals surface area (Å²) in [5, 5.41) is 5.06. The minimum Gasteiger partial charge on any atom is -0.368 e. The molecule has 1 amide bonds. The first-order valence-corrected chi connectivity index (χ1v) is 7.15. The third-order valence-corrected chi connectivity index (χ3v) is 4.16. The molecule has 0 aliphatic carbocycles. The van der Waals surface area contributed by atoms with Crippen LogP contribution in [0.3, 0.4) is 0 Å². The van der Waals surface area contributed by atoms with Crippen molar-refractivity contribution in [3.63, 3.8) is 0 Å². The smallest absolute Gasteiger partial charge is 0.249 e. The van der Waals surface area contributed by atoms with Gasteiger partial charge in [0.2, 0.25) is 5.91 Å². The van der Waals surface area contributed by atoms with Gasteiger partial charge in [0.25, 0.3) is 0 Å². The number of likely N-dealkylation sites (N-methyl/N-ethyl adjacent to an activating group) is 1. The average molecular weight is 268 g/mol. The maximum Gasteiger partial charge on any atom is 0.249 e. The molecule has 2 atom stereocenters. The molecule has 0 bridgehead atoms. The number of nitrogens with one attached hydrogen (secondary N) is 1. The number of carbonyl (C=O) groups is 1. The molecule has 100 valence electrons. The number of hydrogen-bond donors (Lipinski definition) is 1. The maximum atomic E-state index is 11.9. The molecule has 2 heterocycles. The van der Waals surface area contributed by atoms with E-state index in [1.165, 1.54) is 4.88 Å². The van der Waals surface area contributed by atoms with E-state index in [9.17, 15) is 4.79 Å². The molecule has 1 aliphatic heterocycles. The summed E-state index contributed by atoms with van der Waals surface area (Å²) in [6.07, 6.45) is 1.59. The number of ether oxygens (including phenoxy) is 1. The molecule has 1 fully saturated rings. The van der Waals surface area contributed by atoms with E-state index < -0.39 is 0 Å². The fourth-order valence-corrected chi connectivity index (χ4v) is 3.04. The summed E-state index contributed by atoms with van der Waals surface area (Å²) in [7, 11) is 4.06. The fourth-order valence-electron chi connectivity index (χ4n) is 2.11. The van der Waals surface area contributed by atoms with Crippen LogP contribution in [-0.4, -0.2) is 44.2 Å². The Bertz CT molecular complexity index is 372. The lowest BCUT2D eigenvalue weighted by Crippen LogP contribution is -2.39. The van der Waals surface area contributed by atoms with E-state index in [4.69, 9.17) is 4.74 Å². The number of thiophene rings is 1. The molecule has 0 unspecified atom stereocenters. The topological polar surface area (TPSA) is 41.6 Å². The Morgan fingerprint density at radius 2 is 2.50 bits per heavy atom. The van der Waals surface area contributed by atoms with Crippen LogP contribution in [0.25, 0.3) is 0 Å². The molecule has 1 N–H and O–H groups in total. The van der Waals surface area contributed by atoms with Crippen LogP contribution in [0.2, 0.25) is 0 Å². The lowest BCUT2D eigenvalue weighted by molar-refractivity contribution is -0.130. The Balaban J connectivity index is 1.88. The van der Waals surface area contributed by atoms with Crippen LogP contribution in [0.15, 0.2) is 17.5 Å². The first kappa shape index (κ1) is 13.5. The zero-order valence-corrected chi connectivity index (χ0v) is 11.7. The lowest BCUT2D eigenvalue weighted by atomic mass is 10.2. The van der Waals surface area contributed by atoms with Gasteiger partial charge in [0, 0.05) is 18.0 Å². The summed E-state index contributed by atoms with van der Waals surface area (Å²) in [4.78, 5) is 15.3. The van der Waals surface area contributed by atoms with Gasteiger partial charge in [0.15, 0.2) is 0 Å². The first-order chi connectivity index (χ1) is 8.68. The molecule has 1 saturated heterocycles. The van der Waals surface area contributed by atoms with Crippen LogP contribution in [0.5, 0.6) is 0 Å². The maximum absolute atomic E-state index is 11.9. The Labute approximate surface area is 112 Å². The molecule has 0 radical (unpaired) electrons. The lowest BCUT2D eigenvalue weighted by Gasteiger charge is -2.24. The van der Waals surface area contributed by atoms with Crippen molar-refractivity contribution in [1.29, 1.82) is 0 Å². The van der Waals surface area contributed by atoms with Crippen LogP contribution in [-0.2, 0) is 9.53 Å². The van der Waals surface area contributed by atoms with Gasteiger partial charge in [-0.2, -0.15) is 0 Å². The van der Waals surface area contributed by atoms with E-state index in [2.05, 4.69) is 21.7 Å². The van der Waals surface area contributed by atoms with Gasteiger partial charge in [-0.3, -0.25) is 4.79 Å². The predicted molar refractivity (Wildman–Crippen MR) is 72.7 cm³/mol. The normalized spacial score (nSPS) is 21.2. The second-order valence-corrected chi connectivity index (χ2v) is 5.72. The standard InChI is InChI=1S/C13H20N2O2S/c1-15(2)10(12-6-4-8-18-12)9-14-13(16)11-5-3-7-17-11/h4,6,8,10-11H,3,5,7,9H2,1-2H3,(H,14,16)/t10-,11-/m0/s1. The van der Waals surface area contributed by atoms with Crippen molar-refractivity contribution in [3.05, 3.63) is 22.4 Å². The van der Waals surface area contributed by atoms with E-state index >= 15 is 0 Å². The van der Waals surface area contributed by atoms with Crippen LogP contribution in [0.1, 0.15) is 23.8 Å². The molecule has 0 spiro atoms. The highest BCUT2D eigenvalue weighted by Gasteiger charge is 2.24. The van der Waals surface area contributed by atoms with Gasteiger partial charge in [-0.15, -0.1) is 11.3 Å². The average Bonchev–Trinajstić information content (AvgIpc) is 3.01. The van der Waals surface area contributed by atoms with Crippen molar-refractivity contribution in [1.82, 2.24) is 10.2 Å². The van der Waals surface area contributed by atoms with Crippen LogP contribution >= 0.6 is 11.3 Å². The zero-order valence-electron chi connectivity index (χ0n) is 10.9. The molecular formula is C13H20N2O2S. The third-order valence-electron chi connectivity index (χ3n) is 3.19. The van der Waals surface area contributed by atoms with Gasteiger partial charge < -0.3 is 15.0 Å². The largest absolute Gasteiger partial charge is 0.368 e. The molecular weight excluding hydrogens is 248 g/mol. The summed E-state index contributed by atoms with van der Waals surface area (Å²) < 4.78 is 5.38. The van der Waals surface area contributed by atoms with Crippen molar-refractivity contribution in [3.8, 4) is 0 Å². The fraction of sp³-hybridized carbons (Fsp3) is 0.615. The molecule has 18 heavy (non-hydrogen) atoms. The molecule has 1 aromatic heterocycles. The van der Waals surface area contributed by atoms with Gasteiger partial charge in [0.05, 0.1) is 6.04 Å². The molecule has 1 aliphatic rings.